The van der Waals surface area contributed by atoms with E-state index < -0.39 is 0 Å². The Morgan fingerprint density at radius 1 is 1.48 bits per heavy atom. The highest BCUT2D eigenvalue weighted by Gasteiger charge is 2.22. The second-order valence-electron chi connectivity index (χ2n) is 5.36. The third-order valence-corrected chi connectivity index (χ3v) is 4.21. The fraction of sp³-hybridized carbons (Fsp3) is 0.500. The molecular weight excluding hydrogens is 332 g/mol. The van der Waals surface area contributed by atoms with E-state index in [-0.39, 0.29) is 0 Å². The van der Waals surface area contributed by atoms with Crippen LogP contribution in [0.3, 0.4) is 0 Å². The van der Waals surface area contributed by atoms with E-state index in [1.165, 1.54) is 12.8 Å². The highest BCUT2D eigenvalue weighted by Crippen LogP contribution is 2.22. The molecule has 7 heteroatoms. The van der Waals surface area contributed by atoms with E-state index in [0.29, 0.717) is 11.7 Å². The molecule has 112 valence electrons. The van der Waals surface area contributed by atoms with Gasteiger partial charge < -0.3 is 10.2 Å². The van der Waals surface area contributed by atoms with E-state index in [4.69, 9.17) is 0 Å². The van der Waals surface area contributed by atoms with E-state index in [2.05, 4.69) is 46.3 Å². The summed E-state index contributed by atoms with van der Waals surface area (Å²) in [4.78, 5) is 11.2. The van der Waals surface area contributed by atoms with Crippen molar-refractivity contribution in [2.75, 3.05) is 31.6 Å². The summed E-state index contributed by atoms with van der Waals surface area (Å²) in [5, 5.41) is 10.6. The molecule has 6 nitrogen and oxygen atoms in total. The Labute approximate surface area is 132 Å². The van der Waals surface area contributed by atoms with Gasteiger partial charge in [0.2, 0.25) is 5.95 Å². The molecule has 1 saturated heterocycles. The van der Waals surface area contributed by atoms with Crippen LogP contribution in [-0.4, -0.2) is 46.8 Å². The van der Waals surface area contributed by atoms with Crippen molar-refractivity contribution in [1.82, 2.24) is 25.5 Å². The average Bonchev–Trinajstić information content (AvgIpc) is 2.98. The molecule has 1 fully saturated rings. The van der Waals surface area contributed by atoms with Gasteiger partial charge in [-0.25, -0.2) is 0 Å². The first-order chi connectivity index (χ1) is 10.3. The first kappa shape index (κ1) is 14.5. The monoisotopic (exact) mass is 350 g/mol. The second kappa shape index (κ2) is 6.53. The standard InChI is InChI=1S/C14H19BrN6/c1-16-7-10-3-2-6-21(9-10)14-18-13(19-20-14)12-5-4-11(15)8-17-12/h4-5,8,10,16H,2-3,6-7,9H2,1H3,(H,18,19,20). The predicted octanol–water partition coefficient (Wildman–Crippen LogP) is 2.06. The number of pyridine rings is 1. The smallest absolute Gasteiger partial charge is 0.245 e. The van der Waals surface area contributed by atoms with Gasteiger partial charge in [-0.3, -0.25) is 10.1 Å². The van der Waals surface area contributed by atoms with Crippen molar-refractivity contribution < 1.29 is 0 Å². The van der Waals surface area contributed by atoms with Crippen molar-refractivity contribution in [1.29, 1.82) is 0 Å². The van der Waals surface area contributed by atoms with Gasteiger partial charge >= 0.3 is 0 Å². The lowest BCUT2D eigenvalue weighted by atomic mass is 9.98. The van der Waals surface area contributed by atoms with Crippen LogP contribution in [0.15, 0.2) is 22.8 Å². The van der Waals surface area contributed by atoms with E-state index >= 15 is 0 Å². The largest absolute Gasteiger partial charge is 0.339 e. The fourth-order valence-corrected chi connectivity index (χ4v) is 2.96. The highest BCUT2D eigenvalue weighted by molar-refractivity contribution is 9.10. The van der Waals surface area contributed by atoms with Crippen molar-refractivity contribution >= 4 is 21.9 Å². The Kier molecular flexibility index (Phi) is 4.50. The van der Waals surface area contributed by atoms with E-state index in [0.717, 1.165) is 35.7 Å². The lowest BCUT2D eigenvalue weighted by Crippen LogP contribution is -2.39. The van der Waals surface area contributed by atoms with Crippen LogP contribution in [0.4, 0.5) is 5.95 Å². The maximum Gasteiger partial charge on any atom is 0.245 e. The van der Waals surface area contributed by atoms with Crippen LogP contribution in [0, 0.1) is 5.92 Å². The first-order valence-corrected chi connectivity index (χ1v) is 7.99. The van der Waals surface area contributed by atoms with Gasteiger partial charge in [-0.2, -0.15) is 4.98 Å². The van der Waals surface area contributed by atoms with E-state index in [9.17, 15) is 0 Å². The normalized spacial score (nSPS) is 19.0. The zero-order valence-electron chi connectivity index (χ0n) is 12.0. The van der Waals surface area contributed by atoms with Crippen molar-refractivity contribution in [3.8, 4) is 11.5 Å². The zero-order valence-corrected chi connectivity index (χ0v) is 13.6. The predicted molar refractivity (Wildman–Crippen MR) is 86.2 cm³/mol. The number of hydrogen-bond acceptors (Lipinski definition) is 5. The van der Waals surface area contributed by atoms with Gasteiger partial charge in [0.1, 0.15) is 5.69 Å². The van der Waals surface area contributed by atoms with Gasteiger partial charge in [0.25, 0.3) is 0 Å². The Bertz CT molecular complexity index is 579. The van der Waals surface area contributed by atoms with Gasteiger partial charge in [-0.15, -0.1) is 5.10 Å². The number of hydrogen-bond donors (Lipinski definition) is 2. The molecule has 1 atom stereocenters. The fourth-order valence-electron chi connectivity index (χ4n) is 2.73. The molecule has 2 aromatic rings. The van der Waals surface area contributed by atoms with Crippen molar-refractivity contribution in [2.45, 2.75) is 12.8 Å². The van der Waals surface area contributed by atoms with Crippen LogP contribution < -0.4 is 10.2 Å². The molecule has 1 unspecified atom stereocenters. The van der Waals surface area contributed by atoms with Crippen LogP contribution >= 0.6 is 15.9 Å². The van der Waals surface area contributed by atoms with Gasteiger partial charge in [-0.05, 0) is 60.4 Å². The molecule has 0 aliphatic carbocycles. The highest BCUT2D eigenvalue weighted by atomic mass is 79.9. The molecule has 21 heavy (non-hydrogen) atoms. The van der Waals surface area contributed by atoms with Gasteiger partial charge in [0, 0.05) is 23.8 Å². The quantitative estimate of drug-likeness (QED) is 0.883. The molecule has 0 saturated carbocycles. The van der Waals surface area contributed by atoms with Crippen LogP contribution in [-0.2, 0) is 0 Å². The third kappa shape index (κ3) is 3.41. The van der Waals surface area contributed by atoms with E-state index in [1.807, 2.05) is 19.2 Å². The minimum atomic E-state index is 0.663. The molecular formula is C14H19BrN6. The van der Waals surface area contributed by atoms with Crippen LogP contribution in [0.1, 0.15) is 12.8 Å². The topological polar surface area (TPSA) is 69.7 Å². The minimum Gasteiger partial charge on any atom is -0.339 e. The summed E-state index contributed by atoms with van der Waals surface area (Å²) in [5.74, 6) is 2.15. The number of nitrogens with one attached hydrogen (secondary N) is 2. The summed E-state index contributed by atoms with van der Waals surface area (Å²) in [6, 6.07) is 3.88. The summed E-state index contributed by atoms with van der Waals surface area (Å²) in [6.07, 6.45) is 4.22. The molecule has 1 aliphatic heterocycles. The van der Waals surface area contributed by atoms with Crippen molar-refractivity contribution in [2.24, 2.45) is 5.92 Å². The summed E-state index contributed by atoms with van der Waals surface area (Å²) < 4.78 is 0.955. The molecule has 3 heterocycles. The van der Waals surface area contributed by atoms with Gasteiger partial charge in [0.05, 0.1) is 0 Å². The summed E-state index contributed by atoms with van der Waals surface area (Å²) in [6.45, 7) is 3.07. The third-order valence-electron chi connectivity index (χ3n) is 3.74. The molecule has 3 rings (SSSR count). The molecule has 0 amide bonds. The lowest BCUT2D eigenvalue weighted by molar-refractivity contribution is 0.399. The molecule has 0 spiro atoms. The minimum absolute atomic E-state index is 0.663. The van der Waals surface area contributed by atoms with Gasteiger partial charge in [-0.1, -0.05) is 0 Å². The Morgan fingerprint density at radius 2 is 2.38 bits per heavy atom. The van der Waals surface area contributed by atoms with Crippen molar-refractivity contribution in [3.05, 3.63) is 22.8 Å². The van der Waals surface area contributed by atoms with E-state index in [1.54, 1.807) is 6.20 Å². The number of aromatic nitrogens is 4. The summed E-state index contributed by atoms with van der Waals surface area (Å²) >= 11 is 3.38. The molecule has 2 aromatic heterocycles. The Hall–Kier alpha value is -1.47. The molecule has 0 bridgehead atoms. The molecule has 2 N–H and O–H groups in total. The van der Waals surface area contributed by atoms with Crippen LogP contribution in [0.25, 0.3) is 11.5 Å². The first-order valence-electron chi connectivity index (χ1n) is 7.20. The number of rotatable bonds is 4. The van der Waals surface area contributed by atoms with Gasteiger partial charge in [0.15, 0.2) is 5.82 Å². The number of piperidine rings is 1. The number of halogens is 1. The molecule has 0 aromatic carbocycles. The number of nitrogens with zero attached hydrogens (tertiary/aromatic N) is 4. The second-order valence-corrected chi connectivity index (χ2v) is 6.27. The number of anilines is 1. The molecule has 0 radical (unpaired) electrons. The summed E-state index contributed by atoms with van der Waals surface area (Å²) in [7, 11) is 2.00. The molecule has 1 aliphatic rings. The Morgan fingerprint density at radius 3 is 3.14 bits per heavy atom. The number of H-pyrrole nitrogens is 1. The maximum absolute atomic E-state index is 4.59. The lowest BCUT2D eigenvalue weighted by Gasteiger charge is -2.31. The van der Waals surface area contributed by atoms with Crippen LogP contribution in [0.2, 0.25) is 0 Å². The zero-order chi connectivity index (χ0) is 14.7. The summed E-state index contributed by atoms with van der Waals surface area (Å²) in [5.41, 5.74) is 0.806. The van der Waals surface area contributed by atoms with Crippen LogP contribution in [0.5, 0.6) is 0 Å². The maximum atomic E-state index is 4.59. The number of aromatic amines is 1. The average molecular weight is 351 g/mol. The Balaban J connectivity index is 1.73. The van der Waals surface area contributed by atoms with Crippen molar-refractivity contribution in [3.63, 3.8) is 0 Å². The SMILES string of the molecule is CNCC1CCCN(c2n[nH]c(-c3ccc(Br)cn3)n2)C1.